The van der Waals surface area contributed by atoms with E-state index >= 15 is 0 Å². The van der Waals surface area contributed by atoms with Crippen molar-refractivity contribution >= 4 is 23.8 Å². The lowest BCUT2D eigenvalue weighted by Gasteiger charge is -2.35. The average molecular weight is 228 g/mol. The van der Waals surface area contributed by atoms with Crippen LogP contribution in [0.3, 0.4) is 0 Å². The summed E-state index contributed by atoms with van der Waals surface area (Å²) in [5, 5.41) is 10.6. The van der Waals surface area contributed by atoms with Gasteiger partial charge in [-0.1, -0.05) is 0 Å². The van der Waals surface area contributed by atoms with E-state index in [1.54, 1.807) is 6.92 Å². The van der Waals surface area contributed by atoms with Crippen molar-refractivity contribution in [3.05, 3.63) is 0 Å². The molecule has 0 radical (unpaired) electrons. The molecule has 4 amide bonds. The highest BCUT2D eigenvalue weighted by Crippen LogP contribution is 2.28. The number of rotatable bonds is 3. The monoisotopic (exact) mass is 228 g/mol. The molecule has 1 rings (SSSR count). The van der Waals surface area contributed by atoms with Crippen molar-refractivity contribution in [3.8, 4) is 0 Å². The van der Waals surface area contributed by atoms with Gasteiger partial charge in [-0.25, -0.2) is 4.79 Å². The number of hydrogen-bond acceptors (Lipinski definition) is 4. The summed E-state index contributed by atoms with van der Waals surface area (Å²) in [4.78, 5) is 46.0. The average Bonchev–Trinajstić information content (AvgIpc) is 2.15. The molecule has 0 aromatic rings. The predicted molar refractivity (Wildman–Crippen MR) is 51.3 cm³/mol. The van der Waals surface area contributed by atoms with Crippen molar-refractivity contribution < 1.29 is 24.3 Å². The number of barbiturate groups is 1. The summed E-state index contributed by atoms with van der Waals surface area (Å²) in [7, 11) is 0. The Bertz CT molecular complexity index is 378. The van der Waals surface area contributed by atoms with Crippen LogP contribution in [0.4, 0.5) is 4.79 Å². The molecule has 16 heavy (non-hydrogen) atoms. The summed E-state index contributed by atoms with van der Waals surface area (Å²) in [6.07, 6.45) is -0.637. The quantitative estimate of drug-likeness (QED) is 0.637. The number of urea groups is 1. The van der Waals surface area contributed by atoms with Gasteiger partial charge in [0.15, 0.2) is 0 Å². The SMILES string of the molecule is CCN1C(=O)NC(=O)C(C)(CC(=O)O)C1=O. The van der Waals surface area contributed by atoms with Crippen LogP contribution in [0.2, 0.25) is 0 Å². The van der Waals surface area contributed by atoms with Crippen LogP contribution in [0.5, 0.6) is 0 Å². The number of amides is 4. The molecular formula is C9H12N2O5. The number of hydrogen-bond donors (Lipinski definition) is 2. The molecule has 1 atom stereocenters. The Morgan fingerprint density at radius 1 is 1.44 bits per heavy atom. The van der Waals surface area contributed by atoms with E-state index in [0.29, 0.717) is 0 Å². The van der Waals surface area contributed by atoms with Crippen molar-refractivity contribution in [1.29, 1.82) is 0 Å². The van der Waals surface area contributed by atoms with Crippen LogP contribution in [-0.4, -0.2) is 40.4 Å². The second-order valence-corrected chi connectivity index (χ2v) is 3.71. The summed E-state index contributed by atoms with van der Waals surface area (Å²) in [5.74, 6) is -2.91. The second kappa shape index (κ2) is 3.92. The Morgan fingerprint density at radius 3 is 2.44 bits per heavy atom. The van der Waals surface area contributed by atoms with Crippen LogP contribution in [0, 0.1) is 5.41 Å². The number of carboxylic acids is 1. The molecule has 2 N–H and O–H groups in total. The first-order valence-electron chi connectivity index (χ1n) is 4.72. The molecule has 1 heterocycles. The summed E-state index contributed by atoms with van der Waals surface area (Å²) >= 11 is 0. The molecule has 7 heteroatoms. The largest absolute Gasteiger partial charge is 0.481 e. The third kappa shape index (κ3) is 1.75. The molecular weight excluding hydrogens is 216 g/mol. The molecule has 1 unspecified atom stereocenters. The Hall–Kier alpha value is -1.92. The molecule has 0 bridgehead atoms. The third-order valence-electron chi connectivity index (χ3n) is 2.50. The van der Waals surface area contributed by atoms with Crippen LogP contribution in [-0.2, 0) is 14.4 Å². The van der Waals surface area contributed by atoms with Gasteiger partial charge in [-0.05, 0) is 13.8 Å². The minimum atomic E-state index is -1.71. The van der Waals surface area contributed by atoms with Crippen molar-refractivity contribution in [2.45, 2.75) is 20.3 Å². The van der Waals surface area contributed by atoms with Crippen LogP contribution in [0.1, 0.15) is 20.3 Å². The first-order chi connectivity index (χ1) is 7.32. The lowest BCUT2D eigenvalue weighted by molar-refractivity contribution is -0.157. The minimum absolute atomic E-state index is 0.0904. The van der Waals surface area contributed by atoms with Gasteiger partial charge in [0.05, 0.1) is 6.42 Å². The number of carboxylic acid groups (broad SMARTS) is 1. The molecule has 1 aliphatic rings. The van der Waals surface area contributed by atoms with Gasteiger partial charge in [0.1, 0.15) is 5.41 Å². The van der Waals surface area contributed by atoms with E-state index in [-0.39, 0.29) is 6.54 Å². The van der Waals surface area contributed by atoms with Crippen LogP contribution < -0.4 is 5.32 Å². The fraction of sp³-hybridized carbons (Fsp3) is 0.556. The first-order valence-corrected chi connectivity index (χ1v) is 4.72. The Kier molecular flexibility index (Phi) is 2.97. The van der Waals surface area contributed by atoms with Crippen molar-refractivity contribution in [1.82, 2.24) is 10.2 Å². The zero-order valence-electron chi connectivity index (χ0n) is 8.94. The van der Waals surface area contributed by atoms with Gasteiger partial charge in [0, 0.05) is 6.54 Å². The Labute approximate surface area is 91.4 Å². The highest BCUT2D eigenvalue weighted by molar-refractivity contribution is 6.19. The normalized spacial score (nSPS) is 25.6. The van der Waals surface area contributed by atoms with Gasteiger partial charge in [-0.15, -0.1) is 0 Å². The Balaban J connectivity index is 3.08. The van der Waals surface area contributed by atoms with Gasteiger partial charge in [-0.2, -0.15) is 0 Å². The zero-order chi connectivity index (χ0) is 12.5. The molecule has 0 aromatic carbocycles. The number of nitrogens with one attached hydrogen (secondary N) is 1. The van der Waals surface area contributed by atoms with E-state index in [2.05, 4.69) is 0 Å². The van der Waals surface area contributed by atoms with E-state index in [4.69, 9.17) is 5.11 Å². The summed E-state index contributed by atoms with van der Waals surface area (Å²) in [6, 6.07) is -0.805. The Morgan fingerprint density at radius 2 is 2.00 bits per heavy atom. The van der Waals surface area contributed by atoms with E-state index in [0.717, 1.165) is 4.90 Å². The molecule has 0 aliphatic carbocycles. The number of carbonyl (C=O) groups excluding carboxylic acids is 3. The maximum absolute atomic E-state index is 11.8. The van der Waals surface area contributed by atoms with Gasteiger partial charge in [0.25, 0.3) is 0 Å². The molecule has 7 nitrogen and oxygen atoms in total. The van der Waals surface area contributed by atoms with Crippen molar-refractivity contribution in [2.24, 2.45) is 5.41 Å². The smallest absolute Gasteiger partial charge is 0.330 e. The molecule has 0 saturated carbocycles. The fourth-order valence-electron chi connectivity index (χ4n) is 1.54. The van der Waals surface area contributed by atoms with Crippen LogP contribution in [0.15, 0.2) is 0 Å². The van der Waals surface area contributed by atoms with Crippen molar-refractivity contribution in [3.63, 3.8) is 0 Å². The maximum Gasteiger partial charge on any atom is 0.330 e. The first kappa shape index (κ1) is 12.2. The van der Waals surface area contributed by atoms with Gasteiger partial charge >= 0.3 is 12.0 Å². The number of aliphatic carboxylic acids is 1. The molecule has 1 saturated heterocycles. The molecule has 0 spiro atoms. The van der Waals surface area contributed by atoms with Crippen LogP contribution >= 0.6 is 0 Å². The summed E-state index contributed by atoms with van der Waals surface area (Å²) in [5.41, 5.74) is -1.71. The second-order valence-electron chi connectivity index (χ2n) is 3.71. The summed E-state index contributed by atoms with van der Waals surface area (Å²) in [6.45, 7) is 2.87. The molecule has 1 aliphatic heterocycles. The zero-order valence-corrected chi connectivity index (χ0v) is 8.94. The van der Waals surface area contributed by atoms with E-state index in [1.165, 1.54) is 6.92 Å². The fourth-order valence-corrected chi connectivity index (χ4v) is 1.54. The molecule has 88 valence electrons. The number of carbonyl (C=O) groups is 4. The van der Waals surface area contributed by atoms with Crippen LogP contribution in [0.25, 0.3) is 0 Å². The predicted octanol–water partition coefficient (Wildman–Crippen LogP) is -0.434. The van der Waals surface area contributed by atoms with Crippen molar-refractivity contribution in [2.75, 3.05) is 6.54 Å². The summed E-state index contributed by atoms with van der Waals surface area (Å²) < 4.78 is 0. The standard InChI is InChI=1S/C9H12N2O5/c1-3-11-7(15)9(2,4-5(12)13)6(14)10-8(11)16/h3-4H2,1-2H3,(H,12,13)(H,10,14,16). The highest BCUT2D eigenvalue weighted by Gasteiger charge is 2.51. The van der Waals surface area contributed by atoms with E-state index < -0.39 is 35.7 Å². The number of nitrogens with zero attached hydrogens (tertiary/aromatic N) is 1. The topological polar surface area (TPSA) is 104 Å². The highest BCUT2D eigenvalue weighted by atomic mass is 16.4. The lowest BCUT2D eigenvalue weighted by Crippen LogP contribution is -2.63. The maximum atomic E-state index is 11.8. The lowest BCUT2D eigenvalue weighted by atomic mass is 9.82. The molecule has 0 aromatic heterocycles. The minimum Gasteiger partial charge on any atom is -0.481 e. The third-order valence-corrected chi connectivity index (χ3v) is 2.50. The van der Waals surface area contributed by atoms with Gasteiger partial charge < -0.3 is 5.11 Å². The van der Waals surface area contributed by atoms with E-state index in [1.807, 2.05) is 5.32 Å². The van der Waals surface area contributed by atoms with Gasteiger partial charge in [-0.3, -0.25) is 24.6 Å². The van der Waals surface area contributed by atoms with Gasteiger partial charge in [0.2, 0.25) is 11.8 Å². The number of imide groups is 2. The molecule has 1 fully saturated rings. The van der Waals surface area contributed by atoms with E-state index in [9.17, 15) is 19.2 Å².